The third kappa shape index (κ3) is 2.29. The van der Waals surface area contributed by atoms with Crippen molar-refractivity contribution in [3.63, 3.8) is 0 Å². The molecule has 3 rings (SSSR count). The molecule has 0 radical (unpaired) electrons. The van der Waals surface area contributed by atoms with Crippen LogP contribution in [-0.2, 0) is 6.18 Å². The molecule has 3 aromatic rings. The monoisotopic (exact) mass is 290 g/mol. The van der Waals surface area contributed by atoms with Crippen LogP contribution in [0.15, 0.2) is 48.8 Å². The summed E-state index contributed by atoms with van der Waals surface area (Å²) in [5, 5.41) is 0. The standard InChI is InChI=1S/C15H9F3N2O/c16-15(17,18)12-5-1-3-10(7-12)14-19-8-13-11(9-21)4-2-6-20(13)14/h1-9H. The number of alkyl halides is 3. The molecule has 0 N–H and O–H groups in total. The molecule has 0 unspecified atom stereocenters. The van der Waals surface area contributed by atoms with E-state index in [-0.39, 0.29) is 0 Å². The summed E-state index contributed by atoms with van der Waals surface area (Å²) in [5.74, 6) is 0.361. The summed E-state index contributed by atoms with van der Waals surface area (Å²) in [5.41, 5.74) is 0.597. The number of halogens is 3. The molecule has 0 saturated carbocycles. The van der Waals surface area contributed by atoms with Crippen molar-refractivity contribution in [2.75, 3.05) is 0 Å². The van der Waals surface area contributed by atoms with Crippen LogP contribution in [-0.4, -0.2) is 15.7 Å². The van der Waals surface area contributed by atoms with Gasteiger partial charge >= 0.3 is 6.18 Å². The highest BCUT2D eigenvalue weighted by Gasteiger charge is 2.30. The Bertz CT molecular complexity index is 821. The van der Waals surface area contributed by atoms with E-state index in [4.69, 9.17) is 0 Å². The number of hydrogen-bond acceptors (Lipinski definition) is 2. The summed E-state index contributed by atoms with van der Waals surface area (Å²) in [6.45, 7) is 0. The third-order valence-electron chi connectivity index (χ3n) is 3.18. The lowest BCUT2D eigenvalue weighted by Crippen LogP contribution is -2.04. The van der Waals surface area contributed by atoms with Crippen molar-refractivity contribution in [2.24, 2.45) is 0 Å². The molecule has 2 heterocycles. The van der Waals surface area contributed by atoms with Gasteiger partial charge in [0.05, 0.1) is 17.3 Å². The van der Waals surface area contributed by atoms with Gasteiger partial charge in [0.15, 0.2) is 6.29 Å². The zero-order valence-electron chi connectivity index (χ0n) is 10.6. The smallest absolute Gasteiger partial charge is 0.299 e. The fraction of sp³-hybridized carbons (Fsp3) is 0.0667. The van der Waals surface area contributed by atoms with E-state index in [2.05, 4.69) is 4.98 Å². The molecule has 0 atom stereocenters. The number of carbonyl (C=O) groups excluding carboxylic acids is 1. The summed E-state index contributed by atoms with van der Waals surface area (Å²) in [6, 6.07) is 8.22. The fourth-order valence-electron chi connectivity index (χ4n) is 2.19. The zero-order valence-corrected chi connectivity index (χ0v) is 10.6. The molecule has 0 bridgehead atoms. The molecule has 0 amide bonds. The van der Waals surface area contributed by atoms with Crippen molar-refractivity contribution in [3.05, 3.63) is 59.9 Å². The maximum Gasteiger partial charge on any atom is 0.416 e. The average molecular weight is 290 g/mol. The SMILES string of the molecule is O=Cc1cccn2c(-c3cccc(C(F)(F)F)c3)ncc12. The van der Waals surface area contributed by atoms with Crippen molar-refractivity contribution in [3.8, 4) is 11.4 Å². The number of carbonyl (C=O) groups is 1. The molecule has 0 spiro atoms. The van der Waals surface area contributed by atoms with E-state index in [1.807, 2.05) is 0 Å². The molecule has 3 nitrogen and oxygen atoms in total. The minimum Gasteiger partial charge on any atom is -0.299 e. The highest BCUT2D eigenvalue weighted by atomic mass is 19.4. The molecule has 0 aliphatic heterocycles. The maximum atomic E-state index is 12.8. The van der Waals surface area contributed by atoms with Crippen molar-refractivity contribution < 1.29 is 18.0 Å². The lowest BCUT2D eigenvalue weighted by Gasteiger charge is -2.08. The highest BCUT2D eigenvalue weighted by molar-refractivity contribution is 5.86. The van der Waals surface area contributed by atoms with Gasteiger partial charge in [-0.1, -0.05) is 12.1 Å². The van der Waals surface area contributed by atoms with Crippen molar-refractivity contribution in [1.82, 2.24) is 9.38 Å². The number of fused-ring (bicyclic) bond motifs is 1. The molecule has 6 heteroatoms. The number of pyridine rings is 1. The summed E-state index contributed by atoms with van der Waals surface area (Å²) in [7, 11) is 0. The molecule has 106 valence electrons. The molecule has 21 heavy (non-hydrogen) atoms. The van der Waals surface area contributed by atoms with Crippen molar-refractivity contribution in [1.29, 1.82) is 0 Å². The summed E-state index contributed by atoms with van der Waals surface area (Å²) in [4.78, 5) is 15.1. The van der Waals surface area contributed by atoms with Gasteiger partial charge in [-0.2, -0.15) is 13.2 Å². The number of aromatic nitrogens is 2. The number of benzene rings is 1. The van der Waals surface area contributed by atoms with E-state index in [0.29, 0.717) is 28.8 Å². The van der Waals surface area contributed by atoms with Crippen LogP contribution in [0.1, 0.15) is 15.9 Å². The number of aldehydes is 1. The first kappa shape index (κ1) is 13.4. The van der Waals surface area contributed by atoms with Crippen LogP contribution in [0.25, 0.3) is 16.9 Å². The van der Waals surface area contributed by atoms with Crippen LogP contribution in [0.3, 0.4) is 0 Å². The molecule has 0 aliphatic carbocycles. The quantitative estimate of drug-likeness (QED) is 0.672. The van der Waals surface area contributed by atoms with Crippen LogP contribution >= 0.6 is 0 Å². The van der Waals surface area contributed by atoms with E-state index in [0.717, 1.165) is 12.1 Å². The second kappa shape index (κ2) is 4.73. The Kier molecular flexibility index (Phi) is 3.01. The van der Waals surface area contributed by atoms with E-state index in [1.54, 1.807) is 28.8 Å². The van der Waals surface area contributed by atoms with Gasteiger partial charge in [-0.05, 0) is 24.3 Å². The highest BCUT2D eigenvalue weighted by Crippen LogP contribution is 2.32. The number of nitrogens with zero attached hydrogens (tertiary/aromatic N) is 2. The van der Waals surface area contributed by atoms with Gasteiger partial charge in [-0.3, -0.25) is 9.20 Å². The molecule has 0 aliphatic rings. The van der Waals surface area contributed by atoms with Crippen molar-refractivity contribution >= 4 is 11.8 Å². The van der Waals surface area contributed by atoms with Gasteiger partial charge in [0.25, 0.3) is 0 Å². The maximum absolute atomic E-state index is 12.8. The van der Waals surface area contributed by atoms with Crippen LogP contribution in [0.2, 0.25) is 0 Å². The molecule has 0 saturated heterocycles. The number of imidazole rings is 1. The zero-order chi connectivity index (χ0) is 15.0. The second-order valence-corrected chi connectivity index (χ2v) is 4.50. The Morgan fingerprint density at radius 1 is 1.14 bits per heavy atom. The van der Waals surface area contributed by atoms with Gasteiger partial charge in [0.1, 0.15) is 5.82 Å². The lowest BCUT2D eigenvalue weighted by molar-refractivity contribution is -0.137. The first-order valence-corrected chi connectivity index (χ1v) is 6.09. The molecule has 2 aromatic heterocycles. The van der Waals surface area contributed by atoms with Crippen LogP contribution in [0.4, 0.5) is 13.2 Å². The Hall–Kier alpha value is -2.63. The molecular formula is C15H9F3N2O. The summed E-state index contributed by atoms with van der Waals surface area (Å²) >= 11 is 0. The average Bonchev–Trinajstić information content (AvgIpc) is 2.90. The summed E-state index contributed by atoms with van der Waals surface area (Å²) < 4.78 is 39.9. The minimum atomic E-state index is -4.41. The normalized spacial score (nSPS) is 11.8. The van der Waals surface area contributed by atoms with Gasteiger partial charge < -0.3 is 0 Å². The van der Waals surface area contributed by atoms with Gasteiger partial charge in [0, 0.05) is 17.3 Å². The summed E-state index contributed by atoms with van der Waals surface area (Å²) in [6.07, 6.45) is -0.589. The lowest BCUT2D eigenvalue weighted by atomic mass is 10.1. The van der Waals surface area contributed by atoms with Gasteiger partial charge in [-0.15, -0.1) is 0 Å². The Morgan fingerprint density at radius 2 is 1.95 bits per heavy atom. The molecular weight excluding hydrogens is 281 g/mol. The predicted octanol–water partition coefficient (Wildman–Crippen LogP) is 3.83. The van der Waals surface area contributed by atoms with Crippen molar-refractivity contribution in [2.45, 2.75) is 6.18 Å². The van der Waals surface area contributed by atoms with E-state index in [1.165, 1.54) is 12.3 Å². The van der Waals surface area contributed by atoms with Gasteiger partial charge in [-0.25, -0.2) is 4.98 Å². The van der Waals surface area contributed by atoms with E-state index in [9.17, 15) is 18.0 Å². The van der Waals surface area contributed by atoms with E-state index < -0.39 is 11.7 Å². The minimum absolute atomic E-state index is 0.341. The van der Waals surface area contributed by atoms with Gasteiger partial charge in [0.2, 0.25) is 0 Å². The topological polar surface area (TPSA) is 34.4 Å². The fourth-order valence-corrected chi connectivity index (χ4v) is 2.19. The van der Waals surface area contributed by atoms with E-state index >= 15 is 0 Å². The number of rotatable bonds is 2. The molecule has 1 aromatic carbocycles. The Morgan fingerprint density at radius 3 is 2.67 bits per heavy atom. The van der Waals surface area contributed by atoms with Crippen LogP contribution in [0, 0.1) is 0 Å². The second-order valence-electron chi connectivity index (χ2n) is 4.50. The predicted molar refractivity (Wildman–Crippen MR) is 71.0 cm³/mol. The third-order valence-corrected chi connectivity index (χ3v) is 3.18. The first-order valence-electron chi connectivity index (χ1n) is 6.09. The Balaban J connectivity index is 2.20. The largest absolute Gasteiger partial charge is 0.416 e. The van der Waals surface area contributed by atoms with Crippen LogP contribution < -0.4 is 0 Å². The Labute approximate surface area is 117 Å². The van der Waals surface area contributed by atoms with Crippen LogP contribution in [0.5, 0.6) is 0 Å². The molecule has 0 fully saturated rings. The number of hydrogen-bond donors (Lipinski definition) is 0. The first-order chi connectivity index (χ1) is 10.0.